The molecule has 0 unspecified atom stereocenters. The van der Waals surface area contributed by atoms with E-state index in [-0.39, 0.29) is 5.97 Å². The number of carbonyl (C=O) groups excluding carboxylic acids is 1. The summed E-state index contributed by atoms with van der Waals surface area (Å²) in [4.78, 5) is 9.82. The highest BCUT2D eigenvalue weighted by Gasteiger charge is 1.81. The summed E-state index contributed by atoms with van der Waals surface area (Å²) in [5.74, 6) is -0.211. The average Bonchev–Trinajstić information content (AvgIpc) is 2.32. The van der Waals surface area contributed by atoms with Crippen LogP contribution in [0.4, 0.5) is 0 Å². The largest absolute Gasteiger partial charge is 0.466 e. The summed E-state index contributed by atoms with van der Waals surface area (Å²) in [6.45, 7) is 8.13. The molecule has 0 amide bonds. The zero-order chi connectivity index (χ0) is 14.2. The molecule has 0 aromatic heterocycles. The van der Waals surface area contributed by atoms with Gasteiger partial charge >= 0.3 is 5.97 Å². The molecule has 0 aliphatic heterocycles. The third kappa shape index (κ3) is 20.1. The Bertz CT molecular complexity index is 268. The number of aliphatic hydroxyl groups excluding tert-OH is 1. The highest BCUT2D eigenvalue weighted by atomic mass is 16.5. The first-order chi connectivity index (χ1) is 8.58. The third-order valence-electron chi connectivity index (χ3n) is 1.80. The summed E-state index contributed by atoms with van der Waals surface area (Å²) in [5, 5.41) is 8.07. The van der Waals surface area contributed by atoms with Gasteiger partial charge in [-0.25, -0.2) is 0 Å². The summed E-state index contributed by atoms with van der Waals surface area (Å²) in [6.07, 6.45) is 2.04. The molecule has 1 aromatic carbocycles. The van der Waals surface area contributed by atoms with Crippen molar-refractivity contribution in [2.24, 2.45) is 0 Å². The maximum atomic E-state index is 9.82. The van der Waals surface area contributed by atoms with E-state index in [1.54, 1.807) is 6.92 Å². The lowest BCUT2D eigenvalue weighted by Crippen LogP contribution is -1.95. The Hall–Kier alpha value is -1.35. The maximum absolute atomic E-state index is 9.82. The van der Waals surface area contributed by atoms with Gasteiger partial charge in [0.15, 0.2) is 0 Å². The van der Waals surface area contributed by atoms with Crippen LogP contribution in [0, 0.1) is 6.92 Å². The van der Waals surface area contributed by atoms with E-state index in [1.807, 2.05) is 18.2 Å². The summed E-state index contributed by atoms with van der Waals surface area (Å²) < 4.78 is 4.40. The first-order valence-electron chi connectivity index (χ1n) is 6.34. The molecule has 104 valence electrons. The lowest BCUT2D eigenvalue weighted by Gasteiger charge is -1.89. The molecule has 0 saturated carbocycles. The number of rotatable bonds is 3. The molecule has 0 heterocycles. The molecular formula is C15H26O3. The fourth-order valence-corrected chi connectivity index (χ4v) is 0.896. The molecule has 3 nitrogen and oxygen atoms in total. The van der Waals surface area contributed by atoms with Gasteiger partial charge in [-0.05, 0) is 20.3 Å². The van der Waals surface area contributed by atoms with Crippen LogP contribution in [-0.2, 0) is 9.53 Å². The van der Waals surface area contributed by atoms with Crippen molar-refractivity contribution in [3.8, 4) is 0 Å². The molecular weight excluding hydrogens is 228 g/mol. The van der Waals surface area contributed by atoms with Crippen molar-refractivity contribution < 1.29 is 14.6 Å². The van der Waals surface area contributed by atoms with E-state index in [4.69, 9.17) is 5.11 Å². The maximum Gasteiger partial charge on any atom is 0.302 e. The first kappa shape index (κ1) is 19.0. The highest BCUT2D eigenvalue weighted by Crippen LogP contribution is 1.92. The number of benzene rings is 1. The topological polar surface area (TPSA) is 46.5 Å². The first-order valence-corrected chi connectivity index (χ1v) is 6.34. The second-order valence-corrected chi connectivity index (χ2v) is 3.66. The Balaban J connectivity index is 0. The van der Waals surface area contributed by atoms with Gasteiger partial charge in [-0.3, -0.25) is 4.79 Å². The molecule has 1 N–H and O–H groups in total. The van der Waals surface area contributed by atoms with Crippen molar-refractivity contribution >= 4 is 5.97 Å². The molecule has 0 saturated heterocycles. The normalized spacial score (nSPS) is 8.28. The number of hydrogen-bond donors (Lipinski definition) is 1. The molecule has 0 aliphatic carbocycles. The minimum absolute atomic E-state index is 0.211. The number of aryl methyl sites for hydroxylation is 1. The zero-order valence-corrected chi connectivity index (χ0v) is 12.0. The molecule has 0 bridgehead atoms. The van der Waals surface area contributed by atoms with Crippen LogP contribution in [0.25, 0.3) is 0 Å². The predicted molar refractivity (Wildman–Crippen MR) is 75.5 cm³/mol. The summed E-state index contributed by atoms with van der Waals surface area (Å²) in [6, 6.07) is 10.3. The molecule has 0 spiro atoms. The van der Waals surface area contributed by atoms with Gasteiger partial charge in [-0.1, -0.05) is 49.2 Å². The molecule has 1 aromatic rings. The third-order valence-corrected chi connectivity index (χ3v) is 1.80. The van der Waals surface area contributed by atoms with Gasteiger partial charge < -0.3 is 9.84 Å². The summed E-state index contributed by atoms with van der Waals surface area (Å²) in [7, 11) is 0. The van der Waals surface area contributed by atoms with Crippen LogP contribution < -0.4 is 0 Å². The Labute approximate surface area is 111 Å². The second-order valence-electron chi connectivity index (χ2n) is 3.66. The van der Waals surface area contributed by atoms with Crippen molar-refractivity contribution in [3.05, 3.63) is 35.9 Å². The van der Waals surface area contributed by atoms with Gasteiger partial charge in [-0.15, -0.1) is 0 Å². The van der Waals surface area contributed by atoms with Crippen LogP contribution in [0.2, 0.25) is 0 Å². The minimum Gasteiger partial charge on any atom is -0.466 e. The molecule has 0 fully saturated rings. The van der Waals surface area contributed by atoms with Gasteiger partial charge in [0.2, 0.25) is 0 Å². The number of hydrogen-bond acceptors (Lipinski definition) is 3. The number of aliphatic hydroxyl groups is 1. The van der Waals surface area contributed by atoms with Gasteiger partial charge in [0.05, 0.1) is 6.61 Å². The van der Waals surface area contributed by atoms with E-state index in [2.05, 4.69) is 30.7 Å². The van der Waals surface area contributed by atoms with Crippen molar-refractivity contribution in [2.75, 3.05) is 13.2 Å². The summed E-state index contributed by atoms with van der Waals surface area (Å²) in [5.41, 5.74) is 1.32. The van der Waals surface area contributed by atoms with Gasteiger partial charge in [-0.2, -0.15) is 0 Å². The summed E-state index contributed by atoms with van der Waals surface area (Å²) >= 11 is 0. The Kier molecular flexibility index (Phi) is 16.5. The fourth-order valence-electron chi connectivity index (χ4n) is 0.896. The Morgan fingerprint density at radius 1 is 1.22 bits per heavy atom. The molecule has 0 aliphatic rings. The van der Waals surface area contributed by atoms with Gasteiger partial charge in [0.25, 0.3) is 0 Å². The van der Waals surface area contributed by atoms with Crippen LogP contribution in [0.3, 0.4) is 0 Å². The van der Waals surface area contributed by atoms with Crippen molar-refractivity contribution in [1.82, 2.24) is 0 Å². The lowest BCUT2D eigenvalue weighted by atomic mass is 10.2. The minimum atomic E-state index is -0.211. The van der Waals surface area contributed by atoms with Gasteiger partial charge in [0.1, 0.15) is 0 Å². The number of unbranched alkanes of at least 4 members (excludes halogenated alkanes) is 1. The van der Waals surface area contributed by atoms with E-state index in [1.165, 1.54) is 12.5 Å². The number of esters is 1. The molecule has 0 atom stereocenters. The van der Waals surface area contributed by atoms with Crippen LogP contribution in [0.5, 0.6) is 0 Å². The smallest absolute Gasteiger partial charge is 0.302 e. The van der Waals surface area contributed by atoms with Crippen LogP contribution in [0.1, 0.15) is 39.2 Å². The molecule has 0 radical (unpaired) electrons. The van der Waals surface area contributed by atoms with E-state index >= 15 is 0 Å². The van der Waals surface area contributed by atoms with E-state index in [9.17, 15) is 4.79 Å². The predicted octanol–water partition coefficient (Wildman–Crippen LogP) is 3.34. The lowest BCUT2D eigenvalue weighted by molar-refractivity contribution is -0.140. The van der Waals surface area contributed by atoms with Gasteiger partial charge in [0, 0.05) is 13.5 Å². The molecule has 3 heteroatoms. The van der Waals surface area contributed by atoms with Crippen molar-refractivity contribution in [2.45, 2.75) is 40.5 Å². The van der Waals surface area contributed by atoms with Crippen LogP contribution >= 0.6 is 0 Å². The SMILES string of the molecule is CCCCO.CCOC(C)=O.Cc1ccccc1. The standard InChI is InChI=1S/C7H8.C4H8O2.C4H10O/c1-7-5-3-2-4-6-7;1-3-6-4(2)5;1-2-3-4-5/h2-6H,1H3;3H2,1-2H3;5H,2-4H2,1H3. The molecule has 18 heavy (non-hydrogen) atoms. The second kappa shape index (κ2) is 15.6. The van der Waals surface area contributed by atoms with Crippen molar-refractivity contribution in [3.63, 3.8) is 0 Å². The monoisotopic (exact) mass is 254 g/mol. The zero-order valence-electron chi connectivity index (χ0n) is 12.0. The fraction of sp³-hybridized carbons (Fsp3) is 0.533. The Morgan fingerprint density at radius 2 is 1.78 bits per heavy atom. The average molecular weight is 254 g/mol. The number of carbonyl (C=O) groups is 1. The van der Waals surface area contributed by atoms with Crippen LogP contribution in [-0.4, -0.2) is 24.3 Å². The van der Waals surface area contributed by atoms with E-state index in [0.29, 0.717) is 13.2 Å². The Morgan fingerprint density at radius 3 is 1.89 bits per heavy atom. The van der Waals surface area contributed by atoms with E-state index in [0.717, 1.165) is 12.8 Å². The quantitative estimate of drug-likeness (QED) is 0.841. The van der Waals surface area contributed by atoms with Crippen LogP contribution in [0.15, 0.2) is 30.3 Å². The van der Waals surface area contributed by atoms with Crippen molar-refractivity contribution in [1.29, 1.82) is 0 Å². The molecule has 1 rings (SSSR count). The van der Waals surface area contributed by atoms with E-state index < -0.39 is 0 Å². The number of ether oxygens (including phenoxy) is 1. The highest BCUT2D eigenvalue weighted by molar-refractivity contribution is 5.65.